The maximum atomic E-state index is 4.79. The van der Waals surface area contributed by atoms with E-state index in [0.717, 1.165) is 36.0 Å². The van der Waals surface area contributed by atoms with Gasteiger partial charge in [-0.1, -0.05) is 0 Å². The number of fused-ring (bicyclic) bond motifs is 3. The SMILES string of the molecule is CN1C2CCC1CN(c1ccc3ncccc3n1)CC2. The first kappa shape index (κ1) is 12.1. The highest BCUT2D eigenvalue weighted by atomic mass is 15.3. The van der Waals surface area contributed by atoms with Crippen molar-refractivity contribution in [2.75, 3.05) is 25.0 Å². The molecule has 0 spiro atoms. The summed E-state index contributed by atoms with van der Waals surface area (Å²) in [4.78, 5) is 14.2. The average molecular weight is 268 g/mol. The number of aromatic nitrogens is 2. The maximum Gasteiger partial charge on any atom is 0.129 e. The summed E-state index contributed by atoms with van der Waals surface area (Å²) in [6.07, 6.45) is 5.76. The Labute approximate surface area is 119 Å². The molecule has 0 aromatic carbocycles. The topological polar surface area (TPSA) is 32.3 Å². The van der Waals surface area contributed by atoms with Crippen LogP contribution in [-0.4, -0.2) is 47.1 Å². The molecule has 4 nitrogen and oxygen atoms in total. The molecule has 2 atom stereocenters. The Balaban J connectivity index is 1.65. The first-order chi connectivity index (χ1) is 9.81. The van der Waals surface area contributed by atoms with Crippen LogP contribution in [0.15, 0.2) is 30.5 Å². The molecule has 2 unspecified atom stereocenters. The van der Waals surface area contributed by atoms with E-state index in [2.05, 4.69) is 34.0 Å². The van der Waals surface area contributed by atoms with Gasteiger partial charge in [0.15, 0.2) is 0 Å². The number of rotatable bonds is 1. The molecule has 2 fully saturated rings. The lowest BCUT2D eigenvalue weighted by atomic mass is 10.1. The molecule has 2 bridgehead atoms. The largest absolute Gasteiger partial charge is 0.355 e. The smallest absolute Gasteiger partial charge is 0.129 e. The van der Waals surface area contributed by atoms with Crippen molar-refractivity contribution in [2.45, 2.75) is 31.3 Å². The molecular formula is C16H20N4. The second-order valence-electron chi connectivity index (χ2n) is 6.00. The van der Waals surface area contributed by atoms with Gasteiger partial charge in [0.1, 0.15) is 5.82 Å². The van der Waals surface area contributed by atoms with Gasteiger partial charge in [0, 0.05) is 31.4 Å². The molecule has 0 N–H and O–H groups in total. The van der Waals surface area contributed by atoms with Gasteiger partial charge in [0.2, 0.25) is 0 Å². The molecule has 4 rings (SSSR count). The summed E-state index contributed by atoms with van der Waals surface area (Å²) >= 11 is 0. The van der Waals surface area contributed by atoms with Crippen LogP contribution in [0.5, 0.6) is 0 Å². The first-order valence-electron chi connectivity index (χ1n) is 7.50. The van der Waals surface area contributed by atoms with Crippen LogP contribution >= 0.6 is 0 Å². The first-order valence-corrected chi connectivity index (χ1v) is 7.50. The molecule has 4 heteroatoms. The van der Waals surface area contributed by atoms with Crippen LogP contribution in [0, 0.1) is 0 Å². The fraction of sp³-hybridized carbons (Fsp3) is 0.500. The zero-order chi connectivity index (χ0) is 13.5. The fourth-order valence-electron chi connectivity index (χ4n) is 3.64. The number of likely N-dealkylation sites (N-methyl/N-ethyl adjacent to an activating group) is 1. The molecular weight excluding hydrogens is 248 g/mol. The lowest BCUT2D eigenvalue weighted by molar-refractivity contribution is 0.254. The van der Waals surface area contributed by atoms with E-state index in [4.69, 9.17) is 4.98 Å². The normalized spacial score (nSPS) is 26.9. The molecule has 0 aliphatic carbocycles. The summed E-state index contributed by atoms with van der Waals surface area (Å²) < 4.78 is 0. The number of hydrogen-bond acceptors (Lipinski definition) is 4. The van der Waals surface area contributed by atoms with E-state index in [1.54, 1.807) is 0 Å². The summed E-state index contributed by atoms with van der Waals surface area (Å²) in [5.74, 6) is 1.10. The van der Waals surface area contributed by atoms with E-state index in [1.807, 2.05) is 18.3 Å². The van der Waals surface area contributed by atoms with Crippen LogP contribution in [0.2, 0.25) is 0 Å². The Bertz CT molecular complexity index is 627. The van der Waals surface area contributed by atoms with Crippen molar-refractivity contribution in [3.05, 3.63) is 30.5 Å². The van der Waals surface area contributed by atoms with Crippen LogP contribution in [0.25, 0.3) is 11.0 Å². The minimum Gasteiger partial charge on any atom is -0.355 e. The van der Waals surface area contributed by atoms with Gasteiger partial charge in [-0.2, -0.15) is 0 Å². The molecule has 20 heavy (non-hydrogen) atoms. The van der Waals surface area contributed by atoms with Crippen LogP contribution in [0.4, 0.5) is 5.82 Å². The van der Waals surface area contributed by atoms with Crippen molar-refractivity contribution in [3.8, 4) is 0 Å². The van der Waals surface area contributed by atoms with E-state index in [1.165, 1.54) is 19.3 Å². The van der Waals surface area contributed by atoms with Gasteiger partial charge in [0.05, 0.1) is 11.0 Å². The molecule has 2 aliphatic heterocycles. The summed E-state index contributed by atoms with van der Waals surface area (Å²) in [5, 5.41) is 0. The van der Waals surface area contributed by atoms with Crippen LogP contribution < -0.4 is 4.90 Å². The minimum absolute atomic E-state index is 0.689. The van der Waals surface area contributed by atoms with Crippen molar-refractivity contribution >= 4 is 16.9 Å². The standard InChI is InChI=1S/C16H20N4/c1-19-12-4-5-13(19)11-20(10-8-12)16-7-6-14-15(18-16)3-2-9-17-14/h2-3,6-7,9,12-13H,4-5,8,10-11H2,1H3. The zero-order valence-corrected chi connectivity index (χ0v) is 11.9. The molecule has 0 saturated carbocycles. The Hall–Kier alpha value is -1.68. The lowest BCUT2D eigenvalue weighted by Crippen LogP contribution is -2.36. The molecule has 2 aromatic heterocycles. The van der Waals surface area contributed by atoms with Gasteiger partial charge in [-0.15, -0.1) is 0 Å². The van der Waals surface area contributed by atoms with Crippen molar-refractivity contribution in [2.24, 2.45) is 0 Å². The van der Waals surface area contributed by atoms with E-state index < -0.39 is 0 Å². The van der Waals surface area contributed by atoms with E-state index in [-0.39, 0.29) is 0 Å². The maximum absolute atomic E-state index is 4.79. The van der Waals surface area contributed by atoms with E-state index in [0.29, 0.717) is 6.04 Å². The fourth-order valence-corrected chi connectivity index (χ4v) is 3.64. The minimum atomic E-state index is 0.689. The average Bonchev–Trinajstić information content (AvgIpc) is 2.72. The lowest BCUT2D eigenvalue weighted by Gasteiger charge is -2.26. The molecule has 2 aliphatic rings. The monoisotopic (exact) mass is 268 g/mol. The molecule has 4 heterocycles. The Kier molecular flexibility index (Phi) is 2.84. The highest BCUT2D eigenvalue weighted by Crippen LogP contribution is 2.30. The number of hydrogen-bond donors (Lipinski definition) is 0. The molecule has 0 amide bonds. The summed E-state index contributed by atoms with van der Waals surface area (Å²) in [5.41, 5.74) is 1.97. The third-order valence-corrected chi connectivity index (χ3v) is 4.91. The van der Waals surface area contributed by atoms with Gasteiger partial charge in [0.25, 0.3) is 0 Å². The highest BCUT2D eigenvalue weighted by Gasteiger charge is 2.34. The Morgan fingerprint density at radius 2 is 1.95 bits per heavy atom. The van der Waals surface area contributed by atoms with E-state index in [9.17, 15) is 0 Å². The van der Waals surface area contributed by atoms with Gasteiger partial charge in [-0.25, -0.2) is 4.98 Å². The van der Waals surface area contributed by atoms with Crippen molar-refractivity contribution < 1.29 is 0 Å². The molecule has 104 valence electrons. The van der Waals surface area contributed by atoms with Gasteiger partial charge in [-0.3, -0.25) is 9.88 Å². The summed E-state index contributed by atoms with van der Waals surface area (Å²) in [7, 11) is 2.28. The van der Waals surface area contributed by atoms with Crippen molar-refractivity contribution in [1.29, 1.82) is 0 Å². The summed E-state index contributed by atoms with van der Waals surface area (Å²) in [6.45, 7) is 2.22. The van der Waals surface area contributed by atoms with Gasteiger partial charge >= 0.3 is 0 Å². The third kappa shape index (κ3) is 1.95. The third-order valence-electron chi connectivity index (χ3n) is 4.91. The van der Waals surface area contributed by atoms with Crippen LogP contribution in [0.1, 0.15) is 19.3 Å². The summed E-state index contributed by atoms with van der Waals surface area (Å²) in [6, 6.07) is 9.67. The van der Waals surface area contributed by atoms with E-state index >= 15 is 0 Å². The number of pyridine rings is 2. The predicted octanol–water partition coefficient (Wildman–Crippen LogP) is 2.30. The molecule has 2 saturated heterocycles. The van der Waals surface area contributed by atoms with Crippen molar-refractivity contribution in [1.82, 2.24) is 14.9 Å². The van der Waals surface area contributed by atoms with Crippen LogP contribution in [-0.2, 0) is 0 Å². The Morgan fingerprint density at radius 1 is 1.05 bits per heavy atom. The highest BCUT2D eigenvalue weighted by molar-refractivity contribution is 5.75. The van der Waals surface area contributed by atoms with Gasteiger partial charge < -0.3 is 4.90 Å². The zero-order valence-electron chi connectivity index (χ0n) is 11.9. The molecule has 0 radical (unpaired) electrons. The second-order valence-corrected chi connectivity index (χ2v) is 6.00. The second kappa shape index (κ2) is 4.70. The van der Waals surface area contributed by atoms with Crippen LogP contribution in [0.3, 0.4) is 0 Å². The number of anilines is 1. The van der Waals surface area contributed by atoms with Crippen molar-refractivity contribution in [3.63, 3.8) is 0 Å². The quantitative estimate of drug-likeness (QED) is 0.794. The Morgan fingerprint density at radius 3 is 2.90 bits per heavy atom. The predicted molar refractivity (Wildman–Crippen MR) is 80.9 cm³/mol. The molecule has 2 aromatic rings. The number of nitrogens with zero attached hydrogens (tertiary/aromatic N) is 4. The van der Waals surface area contributed by atoms with Gasteiger partial charge in [-0.05, 0) is 50.6 Å².